The van der Waals surface area contributed by atoms with Gasteiger partial charge in [-0.2, -0.15) is 11.8 Å². The molecule has 5 nitrogen and oxygen atoms in total. The zero-order chi connectivity index (χ0) is 16.6. The average Bonchev–Trinajstić information content (AvgIpc) is 3.31. The monoisotopic (exact) mass is 479 g/mol. The molecular weight excluding hydrogens is 449 g/mol. The van der Waals surface area contributed by atoms with E-state index in [2.05, 4.69) is 28.9 Å². The number of guanidine groups is 1. The molecule has 0 aliphatic carbocycles. The number of nitrogens with one attached hydrogen (secondary N) is 1. The fourth-order valence-electron chi connectivity index (χ4n) is 3.16. The number of thioether (sulfide) groups is 1. The summed E-state index contributed by atoms with van der Waals surface area (Å²) in [4.78, 5) is 7.30. The summed E-state index contributed by atoms with van der Waals surface area (Å²) < 4.78 is 11.1. The van der Waals surface area contributed by atoms with Gasteiger partial charge in [-0.1, -0.05) is 6.92 Å². The quantitative estimate of drug-likeness (QED) is 0.385. The summed E-state index contributed by atoms with van der Waals surface area (Å²) in [6, 6.07) is 3.96. The van der Waals surface area contributed by atoms with Gasteiger partial charge in [-0.05, 0) is 31.4 Å². The predicted octanol–water partition coefficient (Wildman–Crippen LogP) is 3.39. The first-order valence-electron chi connectivity index (χ1n) is 9.14. The van der Waals surface area contributed by atoms with E-state index in [1.165, 1.54) is 18.6 Å². The lowest BCUT2D eigenvalue weighted by Crippen LogP contribution is -2.48. The van der Waals surface area contributed by atoms with Crippen LogP contribution in [0.1, 0.15) is 31.9 Å². The van der Waals surface area contributed by atoms with Crippen LogP contribution in [0.3, 0.4) is 0 Å². The average molecular weight is 479 g/mol. The molecule has 2 aliphatic rings. The maximum atomic E-state index is 5.72. The van der Waals surface area contributed by atoms with E-state index < -0.39 is 0 Å². The lowest BCUT2D eigenvalue weighted by molar-refractivity contribution is 0.117. The van der Waals surface area contributed by atoms with Crippen molar-refractivity contribution in [2.45, 2.75) is 44.0 Å². The molecule has 1 N–H and O–H groups in total. The number of hydrogen-bond acceptors (Lipinski definition) is 4. The van der Waals surface area contributed by atoms with E-state index in [0.717, 1.165) is 57.3 Å². The Labute approximate surface area is 172 Å². The standard InChI is InChI=1S/C18H29N3O2S.HI/c1-2-17-14-21(9-12-24-17)18(20-13-16-6-4-11-23-16)19-8-7-15-5-3-10-22-15;/h3,5,10,16-17H,2,4,6-9,11-14H2,1H3,(H,19,20);1H. The summed E-state index contributed by atoms with van der Waals surface area (Å²) in [6.45, 7) is 6.93. The first-order chi connectivity index (χ1) is 11.8. The molecule has 1 aromatic rings. The van der Waals surface area contributed by atoms with Gasteiger partial charge in [-0.3, -0.25) is 4.99 Å². The zero-order valence-corrected chi connectivity index (χ0v) is 18.1. The van der Waals surface area contributed by atoms with E-state index in [0.29, 0.717) is 11.4 Å². The summed E-state index contributed by atoms with van der Waals surface area (Å²) in [5, 5.41) is 4.25. The second-order valence-corrected chi connectivity index (χ2v) is 7.81. The molecule has 3 heterocycles. The number of aliphatic imine (C=N–C) groups is 1. The first kappa shape index (κ1) is 20.9. The minimum atomic E-state index is 0. The van der Waals surface area contributed by atoms with Gasteiger partial charge in [0.05, 0.1) is 18.9 Å². The van der Waals surface area contributed by atoms with Gasteiger partial charge < -0.3 is 19.4 Å². The Bertz CT molecular complexity index is 506. The Kier molecular flexibility index (Phi) is 9.47. The van der Waals surface area contributed by atoms with Gasteiger partial charge in [-0.25, -0.2) is 0 Å². The SMILES string of the molecule is CCC1CN(C(=NCC2CCCO2)NCCc2ccco2)CCS1.I. The van der Waals surface area contributed by atoms with Crippen LogP contribution >= 0.6 is 35.7 Å². The van der Waals surface area contributed by atoms with Crippen molar-refractivity contribution in [1.29, 1.82) is 0 Å². The number of hydrogen-bond donors (Lipinski definition) is 1. The fraction of sp³-hybridized carbons (Fsp3) is 0.722. The first-order valence-corrected chi connectivity index (χ1v) is 10.2. The van der Waals surface area contributed by atoms with Crippen molar-refractivity contribution in [2.75, 3.05) is 38.5 Å². The van der Waals surface area contributed by atoms with Crippen LogP contribution in [-0.4, -0.2) is 60.8 Å². The van der Waals surface area contributed by atoms with Gasteiger partial charge in [0.25, 0.3) is 0 Å². The summed E-state index contributed by atoms with van der Waals surface area (Å²) >= 11 is 2.09. The van der Waals surface area contributed by atoms with Crippen molar-refractivity contribution in [3.05, 3.63) is 24.2 Å². The van der Waals surface area contributed by atoms with E-state index in [9.17, 15) is 0 Å². The molecule has 7 heteroatoms. The molecule has 0 amide bonds. The normalized spacial score (nSPS) is 24.2. The van der Waals surface area contributed by atoms with Crippen LogP contribution in [0, 0.1) is 0 Å². The third kappa shape index (κ3) is 6.67. The van der Waals surface area contributed by atoms with Gasteiger partial charge in [0.1, 0.15) is 5.76 Å². The lowest BCUT2D eigenvalue weighted by atomic mass is 10.2. The Hall–Kier alpha value is -0.410. The van der Waals surface area contributed by atoms with Crippen LogP contribution in [0.25, 0.3) is 0 Å². The molecular formula is C18H30IN3O2S. The Morgan fingerprint density at radius 3 is 3.12 bits per heavy atom. The molecule has 25 heavy (non-hydrogen) atoms. The zero-order valence-electron chi connectivity index (χ0n) is 15.0. The lowest BCUT2D eigenvalue weighted by Gasteiger charge is -2.34. The highest BCUT2D eigenvalue weighted by molar-refractivity contribution is 14.0. The molecule has 2 fully saturated rings. The largest absolute Gasteiger partial charge is 0.469 e. The molecule has 0 radical (unpaired) electrons. The smallest absolute Gasteiger partial charge is 0.194 e. The molecule has 0 bridgehead atoms. The van der Waals surface area contributed by atoms with Crippen LogP contribution < -0.4 is 5.32 Å². The third-order valence-corrected chi connectivity index (χ3v) is 5.97. The summed E-state index contributed by atoms with van der Waals surface area (Å²) in [7, 11) is 0. The van der Waals surface area contributed by atoms with Crippen LogP contribution in [-0.2, 0) is 11.2 Å². The molecule has 3 rings (SSSR count). The number of rotatable bonds is 6. The molecule has 0 aromatic carbocycles. The molecule has 2 unspecified atom stereocenters. The van der Waals surface area contributed by atoms with E-state index in [1.807, 2.05) is 12.1 Å². The van der Waals surface area contributed by atoms with Crippen molar-refractivity contribution in [2.24, 2.45) is 4.99 Å². The van der Waals surface area contributed by atoms with Crippen LogP contribution in [0.5, 0.6) is 0 Å². The number of ether oxygens (including phenoxy) is 1. The molecule has 2 saturated heterocycles. The summed E-state index contributed by atoms with van der Waals surface area (Å²) in [5.41, 5.74) is 0. The Morgan fingerprint density at radius 1 is 1.48 bits per heavy atom. The van der Waals surface area contributed by atoms with Crippen LogP contribution in [0.15, 0.2) is 27.8 Å². The highest BCUT2D eigenvalue weighted by atomic mass is 127. The van der Waals surface area contributed by atoms with E-state index >= 15 is 0 Å². The minimum absolute atomic E-state index is 0. The molecule has 0 saturated carbocycles. The second-order valence-electron chi connectivity index (χ2n) is 6.40. The van der Waals surface area contributed by atoms with Crippen molar-refractivity contribution >= 4 is 41.7 Å². The summed E-state index contributed by atoms with van der Waals surface area (Å²) in [5.74, 6) is 3.23. The van der Waals surface area contributed by atoms with Gasteiger partial charge >= 0.3 is 0 Å². The van der Waals surface area contributed by atoms with Crippen LogP contribution in [0.4, 0.5) is 0 Å². The topological polar surface area (TPSA) is 50.0 Å². The van der Waals surface area contributed by atoms with Crippen molar-refractivity contribution in [1.82, 2.24) is 10.2 Å². The van der Waals surface area contributed by atoms with E-state index in [-0.39, 0.29) is 24.0 Å². The van der Waals surface area contributed by atoms with Crippen LogP contribution in [0.2, 0.25) is 0 Å². The van der Waals surface area contributed by atoms with Crippen molar-refractivity contribution < 1.29 is 9.15 Å². The second kappa shape index (κ2) is 11.3. The molecule has 0 spiro atoms. The Morgan fingerprint density at radius 2 is 2.40 bits per heavy atom. The highest BCUT2D eigenvalue weighted by Crippen LogP contribution is 2.21. The molecule has 2 atom stereocenters. The highest BCUT2D eigenvalue weighted by Gasteiger charge is 2.22. The van der Waals surface area contributed by atoms with E-state index in [4.69, 9.17) is 14.1 Å². The minimum Gasteiger partial charge on any atom is -0.469 e. The van der Waals surface area contributed by atoms with E-state index in [1.54, 1.807) is 6.26 Å². The molecule has 2 aliphatic heterocycles. The van der Waals surface area contributed by atoms with Gasteiger partial charge in [0.2, 0.25) is 0 Å². The maximum absolute atomic E-state index is 5.72. The summed E-state index contributed by atoms with van der Waals surface area (Å²) in [6.07, 6.45) is 6.43. The van der Waals surface area contributed by atoms with Gasteiger partial charge in [-0.15, -0.1) is 24.0 Å². The number of nitrogens with zero attached hydrogens (tertiary/aromatic N) is 2. The maximum Gasteiger partial charge on any atom is 0.194 e. The van der Waals surface area contributed by atoms with Crippen molar-refractivity contribution in [3.8, 4) is 0 Å². The third-order valence-electron chi connectivity index (χ3n) is 4.60. The molecule has 1 aromatic heterocycles. The Balaban J connectivity index is 0.00000225. The number of furan rings is 1. The number of halogens is 1. The fourth-order valence-corrected chi connectivity index (χ4v) is 4.34. The van der Waals surface area contributed by atoms with Gasteiger partial charge in [0, 0.05) is 43.7 Å². The van der Waals surface area contributed by atoms with Crippen molar-refractivity contribution in [3.63, 3.8) is 0 Å². The van der Waals surface area contributed by atoms with Gasteiger partial charge in [0.15, 0.2) is 5.96 Å². The molecule has 142 valence electrons. The predicted molar refractivity (Wildman–Crippen MR) is 115 cm³/mol.